The molecule has 112 valence electrons. The van der Waals surface area contributed by atoms with Crippen molar-refractivity contribution in [3.05, 3.63) is 22.7 Å². The smallest absolute Gasteiger partial charge is 0.257 e. The molecule has 0 aliphatic heterocycles. The molecule has 0 aliphatic carbocycles. The molecule has 1 rings (SSSR count). The van der Waals surface area contributed by atoms with Crippen molar-refractivity contribution in [2.45, 2.75) is 26.3 Å². The second-order valence-corrected chi connectivity index (χ2v) is 4.73. The minimum Gasteiger partial charge on any atom is -0.493 e. The molecule has 0 spiro atoms. The zero-order valence-corrected chi connectivity index (χ0v) is 12.6. The molecular weight excluding hydrogens is 280 g/mol. The average molecular weight is 301 g/mol. The van der Waals surface area contributed by atoms with Gasteiger partial charge in [-0.15, -0.1) is 0 Å². The normalized spacial score (nSPS) is 10.2. The van der Waals surface area contributed by atoms with E-state index in [1.54, 1.807) is 12.1 Å². The van der Waals surface area contributed by atoms with Gasteiger partial charge in [-0.1, -0.05) is 24.9 Å². The van der Waals surface area contributed by atoms with Crippen LogP contribution < -0.4 is 20.5 Å². The van der Waals surface area contributed by atoms with Crippen LogP contribution in [-0.2, 0) is 11.3 Å². The Morgan fingerprint density at radius 3 is 2.80 bits per heavy atom. The number of carbonyl (C=O) groups excluding carboxylic acids is 1. The fourth-order valence-corrected chi connectivity index (χ4v) is 1.91. The number of nitrogens with two attached hydrogens (primary N) is 1. The summed E-state index contributed by atoms with van der Waals surface area (Å²) in [6, 6.07) is 3.33. The lowest BCUT2D eigenvalue weighted by atomic mass is 10.2. The lowest BCUT2D eigenvalue weighted by Gasteiger charge is -2.14. The van der Waals surface area contributed by atoms with Gasteiger partial charge in [-0.05, 0) is 12.5 Å². The van der Waals surface area contributed by atoms with Crippen molar-refractivity contribution in [2.24, 2.45) is 5.73 Å². The first-order valence-electron chi connectivity index (χ1n) is 6.58. The van der Waals surface area contributed by atoms with Gasteiger partial charge < -0.3 is 20.5 Å². The van der Waals surface area contributed by atoms with Crippen molar-refractivity contribution in [3.63, 3.8) is 0 Å². The number of benzene rings is 1. The molecule has 3 N–H and O–H groups in total. The van der Waals surface area contributed by atoms with Crippen LogP contribution in [0.4, 0.5) is 0 Å². The number of halogens is 1. The first kappa shape index (κ1) is 16.6. The van der Waals surface area contributed by atoms with Gasteiger partial charge in [0, 0.05) is 29.7 Å². The SMILES string of the molecule is CCCCNC(=O)COc1c(CN)cc(Cl)cc1OC. The van der Waals surface area contributed by atoms with Crippen molar-refractivity contribution in [1.82, 2.24) is 5.32 Å². The summed E-state index contributed by atoms with van der Waals surface area (Å²) in [4.78, 5) is 11.6. The third-order valence-electron chi connectivity index (χ3n) is 2.74. The lowest BCUT2D eigenvalue weighted by Crippen LogP contribution is -2.29. The summed E-state index contributed by atoms with van der Waals surface area (Å²) in [6.45, 7) is 2.90. The Morgan fingerprint density at radius 2 is 2.20 bits per heavy atom. The van der Waals surface area contributed by atoms with Gasteiger partial charge in [0.25, 0.3) is 5.91 Å². The Bertz CT molecular complexity index is 427. The Hall–Kier alpha value is -1.46. The summed E-state index contributed by atoms with van der Waals surface area (Å²) in [7, 11) is 1.51. The highest BCUT2D eigenvalue weighted by Crippen LogP contribution is 2.34. The lowest BCUT2D eigenvalue weighted by molar-refractivity contribution is -0.123. The van der Waals surface area contributed by atoms with Gasteiger partial charge in [-0.3, -0.25) is 4.79 Å². The highest BCUT2D eigenvalue weighted by Gasteiger charge is 2.13. The minimum atomic E-state index is -0.168. The molecule has 0 aromatic heterocycles. The molecule has 5 nitrogen and oxygen atoms in total. The van der Waals surface area contributed by atoms with E-state index in [9.17, 15) is 4.79 Å². The quantitative estimate of drug-likeness (QED) is 0.721. The van der Waals surface area contributed by atoms with Crippen molar-refractivity contribution in [2.75, 3.05) is 20.3 Å². The van der Waals surface area contributed by atoms with Crippen molar-refractivity contribution in [3.8, 4) is 11.5 Å². The van der Waals surface area contributed by atoms with E-state index in [2.05, 4.69) is 12.2 Å². The Balaban J connectivity index is 2.69. The summed E-state index contributed by atoms with van der Waals surface area (Å²) in [6.07, 6.45) is 1.98. The molecule has 0 unspecified atom stereocenters. The second kappa shape index (κ2) is 8.66. The topological polar surface area (TPSA) is 73.6 Å². The van der Waals surface area contributed by atoms with Gasteiger partial charge in [0.05, 0.1) is 7.11 Å². The average Bonchev–Trinajstić information content (AvgIpc) is 2.45. The highest BCUT2D eigenvalue weighted by atomic mass is 35.5. The Morgan fingerprint density at radius 1 is 1.45 bits per heavy atom. The summed E-state index contributed by atoms with van der Waals surface area (Å²) in [5, 5.41) is 3.29. The Labute approximate surface area is 124 Å². The predicted molar refractivity (Wildman–Crippen MR) is 79.3 cm³/mol. The third-order valence-corrected chi connectivity index (χ3v) is 2.95. The standard InChI is InChI=1S/C14H21ClN2O3/c1-3-4-5-17-13(18)9-20-14-10(8-16)6-11(15)7-12(14)19-2/h6-7H,3-5,8-9,16H2,1-2H3,(H,17,18). The van der Waals surface area contributed by atoms with Gasteiger partial charge in [-0.2, -0.15) is 0 Å². The molecule has 1 amide bonds. The van der Waals surface area contributed by atoms with E-state index in [1.807, 2.05) is 0 Å². The van der Waals surface area contributed by atoms with Crippen LogP contribution >= 0.6 is 11.6 Å². The maximum Gasteiger partial charge on any atom is 0.257 e. The summed E-state index contributed by atoms with van der Waals surface area (Å²) >= 11 is 5.96. The highest BCUT2D eigenvalue weighted by molar-refractivity contribution is 6.30. The molecule has 0 aliphatic rings. The molecule has 0 saturated heterocycles. The minimum absolute atomic E-state index is 0.0747. The van der Waals surface area contributed by atoms with Crippen molar-refractivity contribution < 1.29 is 14.3 Å². The maximum atomic E-state index is 11.6. The largest absolute Gasteiger partial charge is 0.493 e. The number of unbranched alkanes of at least 4 members (excludes halogenated alkanes) is 1. The number of nitrogens with one attached hydrogen (secondary N) is 1. The van der Waals surface area contributed by atoms with Crippen LogP contribution in [0.15, 0.2) is 12.1 Å². The fourth-order valence-electron chi connectivity index (χ4n) is 1.68. The zero-order chi connectivity index (χ0) is 15.0. The Kier molecular flexibility index (Phi) is 7.18. The van der Waals surface area contributed by atoms with Crippen molar-refractivity contribution >= 4 is 17.5 Å². The molecule has 20 heavy (non-hydrogen) atoms. The number of methoxy groups -OCH3 is 1. The number of amides is 1. The molecular formula is C14H21ClN2O3. The van der Waals surface area contributed by atoms with Crippen LogP contribution in [0.1, 0.15) is 25.3 Å². The van der Waals surface area contributed by atoms with E-state index < -0.39 is 0 Å². The summed E-state index contributed by atoms with van der Waals surface area (Å²) in [5.41, 5.74) is 6.36. The van der Waals surface area contributed by atoms with E-state index in [0.717, 1.165) is 12.8 Å². The van der Waals surface area contributed by atoms with Gasteiger partial charge in [-0.25, -0.2) is 0 Å². The number of rotatable bonds is 8. The monoisotopic (exact) mass is 300 g/mol. The van der Waals surface area contributed by atoms with Crippen LogP contribution in [0.25, 0.3) is 0 Å². The van der Waals surface area contributed by atoms with Gasteiger partial charge >= 0.3 is 0 Å². The van der Waals surface area contributed by atoms with Gasteiger partial charge in [0.15, 0.2) is 18.1 Å². The predicted octanol–water partition coefficient (Wildman–Crippen LogP) is 2.10. The number of hydrogen-bond acceptors (Lipinski definition) is 4. The molecule has 6 heteroatoms. The fraction of sp³-hybridized carbons (Fsp3) is 0.500. The number of carbonyl (C=O) groups is 1. The van der Waals surface area contributed by atoms with Crippen LogP contribution in [0.3, 0.4) is 0 Å². The molecule has 1 aromatic rings. The number of hydrogen-bond donors (Lipinski definition) is 2. The first-order chi connectivity index (χ1) is 9.62. The molecule has 0 saturated carbocycles. The third kappa shape index (κ3) is 4.90. The first-order valence-corrected chi connectivity index (χ1v) is 6.96. The van der Waals surface area contributed by atoms with E-state index in [-0.39, 0.29) is 19.1 Å². The van der Waals surface area contributed by atoms with E-state index >= 15 is 0 Å². The molecule has 1 aromatic carbocycles. The van der Waals surface area contributed by atoms with E-state index in [0.29, 0.717) is 28.6 Å². The molecule has 0 radical (unpaired) electrons. The molecule has 0 bridgehead atoms. The maximum absolute atomic E-state index is 11.6. The second-order valence-electron chi connectivity index (χ2n) is 4.29. The van der Waals surface area contributed by atoms with Gasteiger partial charge in [0.1, 0.15) is 0 Å². The summed E-state index contributed by atoms with van der Waals surface area (Å²) in [5.74, 6) is 0.766. The van der Waals surface area contributed by atoms with Crippen LogP contribution in [0, 0.1) is 0 Å². The zero-order valence-electron chi connectivity index (χ0n) is 11.9. The molecule has 0 atom stereocenters. The van der Waals surface area contributed by atoms with Crippen LogP contribution in [-0.4, -0.2) is 26.2 Å². The molecule has 0 heterocycles. The van der Waals surface area contributed by atoms with Crippen LogP contribution in [0.5, 0.6) is 11.5 Å². The van der Waals surface area contributed by atoms with E-state index in [1.165, 1.54) is 7.11 Å². The van der Waals surface area contributed by atoms with E-state index in [4.69, 9.17) is 26.8 Å². The van der Waals surface area contributed by atoms with Crippen molar-refractivity contribution in [1.29, 1.82) is 0 Å². The summed E-state index contributed by atoms with van der Waals surface area (Å²) < 4.78 is 10.7. The van der Waals surface area contributed by atoms with Gasteiger partial charge in [0.2, 0.25) is 0 Å². The number of ether oxygens (including phenoxy) is 2. The molecule has 0 fully saturated rings. The van der Waals surface area contributed by atoms with Crippen LogP contribution in [0.2, 0.25) is 5.02 Å².